The Balaban J connectivity index is 1.26. The molecule has 0 aliphatic heterocycles. The molecule has 0 N–H and O–H groups in total. The molecule has 48 heavy (non-hydrogen) atoms. The smallest absolute Gasteiger partial charge is 0.159 e. The van der Waals surface area contributed by atoms with E-state index in [2.05, 4.69) is 174 Å². The molecule has 2 nitrogen and oxygen atoms in total. The van der Waals surface area contributed by atoms with Crippen molar-refractivity contribution in [1.29, 1.82) is 0 Å². The van der Waals surface area contributed by atoms with Gasteiger partial charge in [-0.1, -0.05) is 127 Å². The van der Waals surface area contributed by atoms with Crippen LogP contribution in [-0.4, -0.2) is 0 Å². The molecule has 1 aliphatic carbocycles. The minimum atomic E-state index is -0.229. The average molecular weight is 681 g/mol. The Hall–Kier alpha value is -5.38. The number of para-hydroxylation sites is 3. The molecular formula is C45H30BrNO. The van der Waals surface area contributed by atoms with Gasteiger partial charge in [0, 0.05) is 32.0 Å². The average Bonchev–Trinajstić information content (AvgIpc) is 3.51. The Morgan fingerprint density at radius 2 is 1.19 bits per heavy atom. The van der Waals surface area contributed by atoms with E-state index in [0.29, 0.717) is 0 Å². The summed E-state index contributed by atoms with van der Waals surface area (Å²) >= 11 is 3.89. The van der Waals surface area contributed by atoms with Crippen molar-refractivity contribution in [3.8, 4) is 11.1 Å². The third-order valence-electron chi connectivity index (χ3n) is 10.5. The predicted octanol–water partition coefficient (Wildman–Crippen LogP) is 13.6. The van der Waals surface area contributed by atoms with Crippen molar-refractivity contribution in [2.45, 2.75) is 19.3 Å². The monoisotopic (exact) mass is 679 g/mol. The van der Waals surface area contributed by atoms with Crippen LogP contribution >= 0.6 is 15.9 Å². The molecule has 1 aromatic heterocycles. The van der Waals surface area contributed by atoms with Crippen molar-refractivity contribution in [3.05, 3.63) is 161 Å². The third kappa shape index (κ3) is 3.80. The van der Waals surface area contributed by atoms with Gasteiger partial charge in [-0.25, -0.2) is 0 Å². The number of furan rings is 1. The fourth-order valence-corrected chi connectivity index (χ4v) is 8.80. The van der Waals surface area contributed by atoms with Crippen molar-refractivity contribution >= 4 is 87.2 Å². The van der Waals surface area contributed by atoms with E-state index in [0.717, 1.165) is 43.5 Å². The molecule has 0 amide bonds. The molecule has 0 atom stereocenters. The number of fused-ring (bicyclic) bond motifs is 9. The number of benzene rings is 8. The second-order valence-corrected chi connectivity index (χ2v) is 14.3. The zero-order valence-electron chi connectivity index (χ0n) is 26.6. The second-order valence-electron chi connectivity index (χ2n) is 13.4. The predicted molar refractivity (Wildman–Crippen MR) is 206 cm³/mol. The summed E-state index contributed by atoms with van der Waals surface area (Å²) in [5.41, 5.74) is 10.0. The van der Waals surface area contributed by atoms with Crippen LogP contribution in [0.4, 0.5) is 17.1 Å². The van der Waals surface area contributed by atoms with E-state index in [-0.39, 0.29) is 5.41 Å². The van der Waals surface area contributed by atoms with E-state index in [1.165, 1.54) is 54.6 Å². The van der Waals surface area contributed by atoms with Crippen LogP contribution < -0.4 is 4.90 Å². The van der Waals surface area contributed by atoms with E-state index >= 15 is 0 Å². The molecule has 0 radical (unpaired) electrons. The molecule has 9 aromatic rings. The first-order valence-corrected chi connectivity index (χ1v) is 17.3. The Labute approximate surface area is 287 Å². The van der Waals surface area contributed by atoms with E-state index in [4.69, 9.17) is 4.42 Å². The topological polar surface area (TPSA) is 16.4 Å². The summed E-state index contributed by atoms with van der Waals surface area (Å²) < 4.78 is 7.72. The van der Waals surface area contributed by atoms with Crippen molar-refractivity contribution in [1.82, 2.24) is 0 Å². The van der Waals surface area contributed by atoms with Gasteiger partial charge in [-0.2, -0.15) is 0 Å². The van der Waals surface area contributed by atoms with Crippen LogP contribution in [0.3, 0.4) is 0 Å². The lowest BCUT2D eigenvalue weighted by molar-refractivity contribution is 0.645. The molecule has 1 aliphatic rings. The highest BCUT2D eigenvalue weighted by Crippen LogP contribution is 2.53. The van der Waals surface area contributed by atoms with Crippen molar-refractivity contribution in [2.24, 2.45) is 0 Å². The van der Waals surface area contributed by atoms with Gasteiger partial charge in [0.15, 0.2) is 5.58 Å². The van der Waals surface area contributed by atoms with E-state index in [1.807, 2.05) is 6.07 Å². The SMILES string of the molecule is CC1(C)c2cc(N(c3ccccc3)c3cccc4c3oc3ccccc34)ccc2-c2cc3c4ccccc4c(Br)cc3c3cccc1c23. The van der Waals surface area contributed by atoms with Gasteiger partial charge in [0.25, 0.3) is 0 Å². The third-order valence-corrected chi connectivity index (χ3v) is 11.1. The summed E-state index contributed by atoms with van der Waals surface area (Å²) in [6, 6.07) is 52.8. The molecule has 0 fully saturated rings. The molecule has 0 spiro atoms. The van der Waals surface area contributed by atoms with Crippen molar-refractivity contribution in [3.63, 3.8) is 0 Å². The van der Waals surface area contributed by atoms with Crippen LogP contribution in [-0.2, 0) is 5.41 Å². The zero-order chi connectivity index (χ0) is 32.1. The molecule has 8 aromatic carbocycles. The molecule has 0 saturated carbocycles. The van der Waals surface area contributed by atoms with Gasteiger partial charge in [0.1, 0.15) is 5.58 Å². The summed E-state index contributed by atoms with van der Waals surface area (Å²) in [5.74, 6) is 0. The van der Waals surface area contributed by atoms with Gasteiger partial charge in [-0.15, -0.1) is 0 Å². The molecule has 10 rings (SSSR count). The lowest BCUT2D eigenvalue weighted by Gasteiger charge is -2.37. The quantitative estimate of drug-likeness (QED) is 0.173. The molecule has 0 saturated heterocycles. The van der Waals surface area contributed by atoms with Crippen LogP contribution in [0, 0.1) is 0 Å². The number of hydrogen-bond donors (Lipinski definition) is 0. The Bertz CT molecular complexity index is 2770. The highest BCUT2D eigenvalue weighted by molar-refractivity contribution is 9.10. The van der Waals surface area contributed by atoms with Gasteiger partial charge >= 0.3 is 0 Å². The number of halogens is 1. The second kappa shape index (κ2) is 10.1. The molecule has 3 heteroatoms. The maximum absolute atomic E-state index is 6.59. The Morgan fingerprint density at radius 1 is 0.500 bits per heavy atom. The number of hydrogen-bond acceptors (Lipinski definition) is 2. The fraction of sp³-hybridized carbons (Fsp3) is 0.0667. The maximum Gasteiger partial charge on any atom is 0.159 e. The lowest BCUT2D eigenvalue weighted by atomic mass is 9.68. The molecule has 228 valence electrons. The summed E-state index contributed by atoms with van der Waals surface area (Å²) in [7, 11) is 0. The van der Waals surface area contributed by atoms with Gasteiger partial charge in [0.05, 0.1) is 5.69 Å². The van der Waals surface area contributed by atoms with Gasteiger partial charge in [-0.3, -0.25) is 0 Å². The number of nitrogens with zero attached hydrogens (tertiary/aromatic N) is 1. The van der Waals surface area contributed by atoms with Crippen LogP contribution in [0.1, 0.15) is 25.0 Å². The van der Waals surface area contributed by atoms with Gasteiger partial charge in [-0.05, 0) is 103 Å². The first-order chi connectivity index (χ1) is 23.5. The highest BCUT2D eigenvalue weighted by atomic mass is 79.9. The molecule has 1 heterocycles. The van der Waals surface area contributed by atoms with Crippen LogP contribution in [0.25, 0.3) is 65.4 Å². The van der Waals surface area contributed by atoms with Crippen LogP contribution in [0.15, 0.2) is 154 Å². The first kappa shape index (κ1) is 27.7. The Kier molecular flexibility index (Phi) is 5.81. The van der Waals surface area contributed by atoms with Crippen molar-refractivity contribution in [2.75, 3.05) is 4.90 Å². The van der Waals surface area contributed by atoms with Crippen LogP contribution in [0.2, 0.25) is 0 Å². The summed E-state index contributed by atoms with van der Waals surface area (Å²) in [6.45, 7) is 4.75. The zero-order valence-corrected chi connectivity index (χ0v) is 28.2. The maximum atomic E-state index is 6.59. The minimum Gasteiger partial charge on any atom is -0.454 e. The molecule has 0 bridgehead atoms. The minimum absolute atomic E-state index is 0.229. The highest BCUT2D eigenvalue weighted by Gasteiger charge is 2.35. The molecule has 0 unspecified atom stereocenters. The summed E-state index contributed by atoms with van der Waals surface area (Å²) in [4.78, 5) is 2.35. The van der Waals surface area contributed by atoms with E-state index < -0.39 is 0 Å². The number of anilines is 3. The Morgan fingerprint density at radius 3 is 2.04 bits per heavy atom. The summed E-state index contributed by atoms with van der Waals surface area (Å²) in [5, 5.41) is 9.97. The fourth-order valence-electron chi connectivity index (χ4n) is 8.23. The van der Waals surface area contributed by atoms with E-state index in [9.17, 15) is 0 Å². The van der Waals surface area contributed by atoms with Gasteiger partial charge < -0.3 is 9.32 Å². The largest absolute Gasteiger partial charge is 0.454 e. The van der Waals surface area contributed by atoms with Gasteiger partial charge in [0.2, 0.25) is 0 Å². The van der Waals surface area contributed by atoms with Crippen LogP contribution in [0.5, 0.6) is 0 Å². The van der Waals surface area contributed by atoms with Crippen molar-refractivity contribution < 1.29 is 4.42 Å². The normalized spacial score (nSPS) is 13.5. The number of rotatable bonds is 3. The standard InChI is InChI=1S/C45H30BrNO/c1-45(2)38-19-10-17-33-36-26-40(46)31-15-7-6-14-29(31)35(36)25-37(43(33)38)30-23-22-28(24-39(30)45)47(27-12-4-3-5-13-27)41-20-11-18-34-32-16-8-9-21-42(32)48-44(34)41/h3-26H,1-2H3. The summed E-state index contributed by atoms with van der Waals surface area (Å²) in [6.07, 6.45) is 0. The lowest BCUT2D eigenvalue weighted by Crippen LogP contribution is -2.24. The van der Waals surface area contributed by atoms with E-state index in [1.54, 1.807) is 0 Å². The first-order valence-electron chi connectivity index (χ1n) is 16.5. The molecular weight excluding hydrogens is 650 g/mol.